The average Bonchev–Trinajstić information content (AvgIpc) is 2.72. The number of hydrogen-bond donors (Lipinski definition) is 2. The van der Waals surface area contributed by atoms with Crippen molar-refractivity contribution in [3.8, 4) is 0 Å². The lowest BCUT2D eigenvalue weighted by molar-refractivity contribution is -0.0615. The fourth-order valence-corrected chi connectivity index (χ4v) is 3.07. The van der Waals surface area contributed by atoms with Crippen molar-refractivity contribution in [1.82, 2.24) is 9.55 Å². The van der Waals surface area contributed by atoms with Crippen LogP contribution < -0.4 is 11.4 Å². The summed E-state index contributed by atoms with van der Waals surface area (Å²) in [5.74, 6) is -0.590. The Kier molecular flexibility index (Phi) is 5.20. The van der Waals surface area contributed by atoms with Gasteiger partial charge >= 0.3 is 5.69 Å². The molecular formula is C13H17ClF2N3O4P. The Morgan fingerprint density at radius 1 is 1.67 bits per heavy atom. The number of nitrogen functional groups attached to an aromatic ring is 1. The SMILES string of the molecule is CP(C)(=O)C(F)=C[C@@]1(CCl)O[C@@H](n2ccc(N)nc2=O)[C@H](F)[C@@H]1O. The molecule has 1 fully saturated rings. The van der Waals surface area contributed by atoms with Gasteiger partial charge in [0.25, 0.3) is 0 Å². The average molecular weight is 384 g/mol. The number of aromatic nitrogens is 2. The molecule has 3 N–H and O–H groups in total. The van der Waals surface area contributed by atoms with Gasteiger partial charge in [0.15, 0.2) is 18.0 Å². The second-order valence-corrected chi connectivity index (χ2v) is 9.24. The molecule has 1 saturated heterocycles. The number of anilines is 1. The molecule has 1 aromatic heterocycles. The van der Waals surface area contributed by atoms with Crippen LogP contribution in [0.2, 0.25) is 0 Å². The van der Waals surface area contributed by atoms with Crippen molar-refractivity contribution in [2.75, 3.05) is 24.9 Å². The molecule has 0 amide bonds. The van der Waals surface area contributed by atoms with E-state index in [9.17, 15) is 23.2 Å². The number of aliphatic hydroxyl groups is 1. The van der Waals surface area contributed by atoms with E-state index in [-0.39, 0.29) is 5.82 Å². The van der Waals surface area contributed by atoms with Crippen molar-refractivity contribution in [2.24, 2.45) is 0 Å². The molecule has 4 atom stereocenters. The van der Waals surface area contributed by atoms with E-state index in [0.717, 1.165) is 10.8 Å². The molecular weight excluding hydrogens is 367 g/mol. The van der Waals surface area contributed by atoms with Crippen LogP contribution in [0.25, 0.3) is 0 Å². The summed E-state index contributed by atoms with van der Waals surface area (Å²) in [7, 11) is -3.29. The molecule has 0 bridgehead atoms. The van der Waals surface area contributed by atoms with E-state index in [2.05, 4.69) is 4.98 Å². The quantitative estimate of drug-likeness (QED) is 0.602. The lowest BCUT2D eigenvalue weighted by Gasteiger charge is -2.26. The molecule has 7 nitrogen and oxygen atoms in total. The fraction of sp³-hybridized carbons (Fsp3) is 0.538. The molecule has 1 aromatic rings. The molecule has 24 heavy (non-hydrogen) atoms. The van der Waals surface area contributed by atoms with Gasteiger partial charge in [-0.25, -0.2) is 13.6 Å². The largest absolute Gasteiger partial charge is 0.386 e. The Balaban J connectivity index is 2.48. The summed E-state index contributed by atoms with van der Waals surface area (Å²) in [6.45, 7) is 2.34. The van der Waals surface area contributed by atoms with Gasteiger partial charge in [0.2, 0.25) is 0 Å². The van der Waals surface area contributed by atoms with Crippen molar-refractivity contribution in [2.45, 2.75) is 24.1 Å². The lowest BCUT2D eigenvalue weighted by Crippen LogP contribution is -2.42. The first-order valence-electron chi connectivity index (χ1n) is 6.86. The fourth-order valence-electron chi connectivity index (χ4n) is 2.24. The molecule has 11 heteroatoms. The molecule has 0 saturated carbocycles. The minimum absolute atomic E-state index is 0.0716. The maximum atomic E-state index is 14.5. The maximum absolute atomic E-state index is 14.5. The summed E-state index contributed by atoms with van der Waals surface area (Å²) < 4.78 is 46.5. The maximum Gasteiger partial charge on any atom is 0.351 e. The van der Waals surface area contributed by atoms with Crippen LogP contribution in [-0.4, -0.2) is 51.7 Å². The first-order chi connectivity index (χ1) is 11.0. The Morgan fingerprint density at radius 2 is 2.29 bits per heavy atom. The third-order valence-electron chi connectivity index (χ3n) is 3.63. The van der Waals surface area contributed by atoms with E-state index >= 15 is 0 Å². The van der Waals surface area contributed by atoms with Crippen molar-refractivity contribution >= 4 is 24.6 Å². The summed E-state index contributed by atoms with van der Waals surface area (Å²) in [6.07, 6.45) is -3.69. The van der Waals surface area contributed by atoms with Gasteiger partial charge in [-0.2, -0.15) is 4.98 Å². The Hall–Kier alpha value is -1.28. The molecule has 0 aromatic carbocycles. The molecule has 0 aliphatic carbocycles. The van der Waals surface area contributed by atoms with Crippen molar-refractivity contribution in [3.05, 3.63) is 34.4 Å². The highest BCUT2D eigenvalue weighted by Crippen LogP contribution is 2.50. The molecule has 134 valence electrons. The van der Waals surface area contributed by atoms with Crippen LogP contribution in [0.1, 0.15) is 6.23 Å². The van der Waals surface area contributed by atoms with Crippen LogP contribution in [0.5, 0.6) is 0 Å². The van der Waals surface area contributed by atoms with E-state index in [0.29, 0.717) is 6.08 Å². The zero-order valence-electron chi connectivity index (χ0n) is 12.9. The zero-order chi connectivity index (χ0) is 18.3. The molecule has 0 radical (unpaired) electrons. The highest BCUT2D eigenvalue weighted by atomic mass is 35.5. The summed E-state index contributed by atoms with van der Waals surface area (Å²) in [6, 6.07) is 1.24. The van der Waals surface area contributed by atoms with Crippen molar-refractivity contribution in [3.63, 3.8) is 0 Å². The monoisotopic (exact) mass is 383 g/mol. The van der Waals surface area contributed by atoms with Crippen LogP contribution in [-0.2, 0) is 9.30 Å². The number of aliphatic hydroxyl groups excluding tert-OH is 1. The molecule has 1 aliphatic rings. The van der Waals surface area contributed by atoms with Gasteiger partial charge < -0.3 is 20.1 Å². The summed E-state index contributed by atoms with van der Waals surface area (Å²) in [4.78, 5) is 15.3. The molecule has 2 rings (SSSR count). The van der Waals surface area contributed by atoms with Gasteiger partial charge in [-0.15, -0.1) is 11.6 Å². The predicted molar refractivity (Wildman–Crippen MR) is 86.0 cm³/mol. The Labute approximate surface area is 141 Å². The minimum Gasteiger partial charge on any atom is -0.386 e. The van der Waals surface area contributed by atoms with Crippen molar-refractivity contribution in [1.29, 1.82) is 0 Å². The highest BCUT2D eigenvalue weighted by molar-refractivity contribution is 7.66. The summed E-state index contributed by atoms with van der Waals surface area (Å²) in [5.41, 5.74) is 1.43. The number of alkyl halides is 2. The molecule has 2 heterocycles. The van der Waals surface area contributed by atoms with Gasteiger partial charge in [-0.3, -0.25) is 4.57 Å². The minimum atomic E-state index is -3.29. The topological polar surface area (TPSA) is 107 Å². The van der Waals surface area contributed by atoms with Gasteiger partial charge in [-0.1, -0.05) is 0 Å². The van der Waals surface area contributed by atoms with E-state index in [1.165, 1.54) is 19.4 Å². The molecule has 0 unspecified atom stereocenters. The van der Waals surface area contributed by atoms with Crippen LogP contribution >= 0.6 is 18.7 Å². The first-order valence-corrected chi connectivity index (χ1v) is 10.00. The Morgan fingerprint density at radius 3 is 2.79 bits per heavy atom. The summed E-state index contributed by atoms with van der Waals surface area (Å²) in [5, 5.41) is 10.2. The van der Waals surface area contributed by atoms with Gasteiger partial charge in [0.05, 0.1) is 5.88 Å². The van der Waals surface area contributed by atoms with Crippen LogP contribution in [0.15, 0.2) is 28.7 Å². The van der Waals surface area contributed by atoms with Crippen LogP contribution in [0.4, 0.5) is 14.6 Å². The van der Waals surface area contributed by atoms with Gasteiger partial charge in [-0.05, 0) is 25.5 Å². The first kappa shape index (κ1) is 19.1. The van der Waals surface area contributed by atoms with E-state index < -0.39 is 48.4 Å². The lowest BCUT2D eigenvalue weighted by atomic mass is 9.98. The predicted octanol–water partition coefficient (Wildman–Crippen LogP) is 1.46. The van der Waals surface area contributed by atoms with E-state index in [1.807, 2.05) is 0 Å². The number of halogens is 3. The normalized spacial score (nSPS) is 31.4. The van der Waals surface area contributed by atoms with Crippen molar-refractivity contribution < 1.29 is 23.2 Å². The van der Waals surface area contributed by atoms with Gasteiger partial charge in [0.1, 0.15) is 24.7 Å². The van der Waals surface area contributed by atoms with E-state index in [1.54, 1.807) is 0 Å². The third-order valence-corrected chi connectivity index (χ3v) is 5.20. The van der Waals surface area contributed by atoms with E-state index in [4.69, 9.17) is 22.1 Å². The second kappa shape index (κ2) is 6.55. The second-order valence-electron chi connectivity index (χ2n) is 5.85. The number of hydrogen-bond acceptors (Lipinski definition) is 6. The number of ether oxygens (including phenoxy) is 1. The zero-order valence-corrected chi connectivity index (χ0v) is 14.5. The third kappa shape index (κ3) is 3.39. The summed E-state index contributed by atoms with van der Waals surface area (Å²) >= 11 is 5.76. The highest BCUT2D eigenvalue weighted by Gasteiger charge is 2.55. The number of nitrogens with zero attached hydrogens (tertiary/aromatic N) is 2. The van der Waals surface area contributed by atoms with Gasteiger partial charge in [0, 0.05) is 6.20 Å². The van der Waals surface area contributed by atoms with Crippen LogP contribution in [0.3, 0.4) is 0 Å². The standard InChI is InChI=1S/C13H17ClF2N3O4P/c1-24(2,22)7(15)5-13(6-14)10(20)9(16)11(23-13)19-4-3-8(17)18-12(19)21/h3-5,9-11,20H,6H2,1-2H3,(H2,17,18,21)/t9-,10+,11-,13+/m1/s1. The number of nitrogens with two attached hydrogens (primary N) is 1. The number of rotatable bonds is 4. The smallest absolute Gasteiger partial charge is 0.351 e. The molecule has 1 aliphatic heterocycles. The van der Waals surface area contributed by atoms with Crippen LogP contribution in [0, 0.1) is 0 Å². The Bertz CT molecular complexity index is 768. The molecule has 0 spiro atoms.